The molecule has 156 valence electrons. The summed E-state index contributed by atoms with van der Waals surface area (Å²) >= 11 is 0. The average molecular weight is 390 g/mol. The number of benzene rings is 1. The van der Waals surface area contributed by atoms with Gasteiger partial charge in [0.1, 0.15) is 11.9 Å². The van der Waals surface area contributed by atoms with Gasteiger partial charge in [0.15, 0.2) is 0 Å². The minimum atomic E-state index is 0.0564. The molecule has 0 spiro atoms. The fourth-order valence-electron chi connectivity index (χ4n) is 4.39. The smallest absolute Gasteiger partial charge is 0.317 e. The van der Waals surface area contributed by atoms with E-state index in [-0.39, 0.29) is 12.1 Å². The molecule has 1 aromatic carbocycles. The second-order valence-corrected chi connectivity index (χ2v) is 8.15. The van der Waals surface area contributed by atoms with E-state index in [1.54, 1.807) is 7.11 Å². The third-order valence-corrected chi connectivity index (χ3v) is 5.96. The van der Waals surface area contributed by atoms with Gasteiger partial charge >= 0.3 is 6.03 Å². The van der Waals surface area contributed by atoms with Crippen molar-refractivity contribution in [2.45, 2.75) is 51.3 Å². The number of ether oxygens (including phenoxy) is 2. The van der Waals surface area contributed by atoms with Crippen LogP contribution in [0.15, 0.2) is 30.3 Å². The highest BCUT2D eigenvalue weighted by Gasteiger charge is 2.47. The zero-order chi connectivity index (χ0) is 19.9. The van der Waals surface area contributed by atoms with E-state index in [0.717, 1.165) is 44.6 Å². The molecule has 2 atom stereocenters. The van der Waals surface area contributed by atoms with Gasteiger partial charge in [0.05, 0.1) is 6.04 Å². The maximum atomic E-state index is 12.3. The van der Waals surface area contributed by atoms with Gasteiger partial charge in [-0.15, -0.1) is 0 Å². The lowest BCUT2D eigenvalue weighted by molar-refractivity contribution is -0.0981. The van der Waals surface area contributed by atoms with Crippen molar-refractivity contribution in [1.82, 2.24) is 15.1 Å². The van der Waals surface area contributed by atoms with Crippen LogP contribution in [0.3, 0.4) is 0 Å². The van der Waals surface area contributed by atoms with E-state index >= 15 is 0 Å². The molecule has 2 aliphatic heterocycles. The molecule has 2 aliphatic rings. The second kappa shape index (κ2) is 10.1. The number of likely N-dealkylation sites (tertiary alicyclic amines) is 2. The van der Waals surface area contributed by atoms with Gasteiger partial charge < -0.3 is 19.7 Å². The van der Waals surface area contributed by atoms with Gasteiger partial charge in [0, 0.05) is 45.9 Å². The topological polar surface area (TPSA) is 54.0 Å². The molecule has 0 aromatic heterocycles. The lowest BCUT2D eigenvalue weighted by atomic mass is 9.79. The van der Waals surface area contributed by atoms with Gasteiger partial charge in [-0.2, -0.15) is 0 Å². The fourth-order valence-corrected chi connectivity index (χ4v) is 4.39. The molecule has 6 heteroatoms. The molecule has 0 radical (unpaired) electrons. The predicted molar refractivity (Wildman–Crippen MR) is 111 cm³/mol. The first-order valence-electron chi connectivity index (χ1n) is 10.6. The zero-order valence-electron chi connectivity index (χ0n) is 17.5. The number of carbonyl (C=O) groups excluding carboxylic acids is 1. The molecule has 0 saturated carbocycles. The van der Waals surface area contributed by atoms with Crippen LogP contribution < -0.4 is 10.1 Å². The van der Waals surface area contributed by atoms with Crippen molar-refractivity contribution < 1.29 is 14.3 Å². The minimum absolute atomic E-state index is 0.0564. The highest BCUT2D eigenvalue weighted by atomic mass is 16.5. The van der Waals surface area contributed by atoms with Gasteiger partial charge in [-0.05, 0) is 51.2 Å². The van der Waals surface area contributed by atoms with Gasteiger partial charge in [0.25, 0.3) is 0 Å². The number of amides is 2. The number of carbonyl (C=O) groups is 1. The van der Waals surface area contributed by atoms with Crippen molar-refractivity contribution in [1.29, 1.82) is 0 Å². The van der Waals surface area contributed by atoms with E-state index in [1.165, 1.54) is 0 Å². The molecule has 3 rings (SSSR count). The van der Waals surface area contributed by atoms with Crippen LogP contribution in [0.1, 0.15) is 33.1 Å². The molecule has 0 bridgehead atoms. The third-order valence-electron chi connectivity index (χ3n) is 5.96. The van der Waals surface area contributed by atoms with E-state index in [1.807, 2.05) is 35.2 Å². The minimum Gasteiger partial charge on any atom is -0.487 e. The number of urea groups is 1. The zero-order valence-corrected chi connectivity index (χ0v) is 17.5. The first-order chi connectivity index (χ1) is 13.6. The van der Waals surface area contributed by atoms with E-state index in [2.05, 4.69) is 24.1 Å². The van der Waals surface area contributed by atoms with Crippen molar-refractivity contribution in [2.24, 2.45) is 5.92 Å². The number of para-hydroxylation sites is 1. The van der Waals surface area contributed by atoms with E-state index in [9.17, 15) is 4.79 Å². The summed E-state index contributed by atoms with van der Waals surface area (Å²) in [6, 6.07) is 11.1. The lowest BCUT2D eigenvalue weighted by Gasteiger charge is -2.54. The standard InChI is InChI=1S/C22H35N3O3/c1-17(2)25-16-20(28-19-8-5-4-6-9-19)21(25)18-10-13-24(14-11-18)22(26)23-12-7-15-27-3/h4-6,8-9,17-18,20-21H,7,10-16H2,1-3H3,(H,23,26). The number of nitrogens with one attached hydrogen (secondary N) is 1. The Hall–Kier alpha value is -1.79. The molecule has 2 heterocycles. The number of methoxy groups -OCH3 is 1. The second-order valence-electron chi connectivity index (χ2n) is 8.15. The van der Waals surface area contributed by atoms with Crippen LogP contribution in [0.2, 0.25) is 0 Å². The van der Waals surface area contributed by atoms with Crippen LogP contribution in [-0.4, -0.2) is 73.9 Å². The Bertz CT molecular complexity index is 602. The van der Waals surface area contributed by atoms with Crippen molar-refractivity contribution in [3.8, 4) is 5.75 Å². The Labute approximate surface area is 169 Å². The van der Waals surface area contributed by atoms with Crippen molar-refractivity contribution in [3.05, 3.63) is 30.3 Å². The number of piperidine rings is 1. The molecule has 6 nitrogen and oxygen atoms in total. The number of hydrogen-bond acceptors (Lipinski definition) is 4. The summed E-state index contributed by atoms with van der Waals surface area (Å²) < 4.78 is 11.3. The third kappa shape index (κ3) is 5.17. The van der Waals surface area contributed by atoms with Crippen LogP contribution in [0.4, 0.5) is 4.79 Å². The normalized spacial score (nSPS) is 23.5. The van der Waals surface area contributed by atoms with Crippen molar-refractivity contribution >= 4 is 6.03 Å². The summed E-state index contributed by atoms with van der Waals surface area (Å²) in [6.07, 6.45) is 3.16. The van der Waals surface area contributed by atoms with Gasteiger partial charge in [-0.1, -0.05) is 18.2 Å². The molecule has 0 aliphatic carbocycles. The molecular formula is C22H35N3O3. The van der Waals surface area contributed by atoms with Crippen LogP contribution in [-0.2, 0) is 4.74 Å². The van der Waals surface area contributed by atoms with Crippen molar-refractivity contribution in [3.63, 3.8) is 0 Å². The Morgan fingerprint density at radius 1 is 1.21 bits per heavy atom. The van der Waals surface area contributed by atoms with Gasteiger partial charge in [-0.25, -0.2) is 4.79 Å². The maximum absolute atomic E-state index is 12.3. The monoisotopic (exact) mass is 389 g/mol. The Balaban J connectivity index is 1.51. The van der Waals surface area contributed by atoms with Crippen LogP contribution in [0.25, 0.3) is 0 Å². The molecular weight excluding hydrogens is 354 g/mol. The Morgan fingerprint density at radius 2 is 1.93 bits per heavy atom. The van der Waals surface area contributed by atoms with Crippen LogP contribution in [0.5, 0.6) is 5.75 Å². The largest absolute Gasteiger partial charge is 0.487 e. The maximum Gasteiger partial charge on any atom is 0.317 e. The molecule has 2 saturated heterocycles. The summed E-state index contributed by atoms with van der Waals surface area (Å²) in [5, 5.41) is 3.00. The van der Waals surface area contributed by atoms with Gasteiger partial charge in [-0.3, -0.25) is 4.90 Å². The SMILES string of the molecule is COCCCNC(=O)N1CCC(C2C(Oc3ccccc3)CN2C(C)C)CC1. The fraction of sp³-hybridized carbons (Fsp3) is 0.682. The number of rotatable bonds is 8. The van der Waals surface area contributed by atoms with Gasteiger partial charge in [0.2, 0.25) is 0 Å². The lowest BCUT2D eigenvalue weighted by Crippen LogP contribution is -2.68. The van der Waals surface area contributed by atoms with Crippen LogP contribution >= 0.6 is 0 Å². The Kier molecular flexibility index (Phi) is 7.57. The van der Waals surface area contributed by atoms with Crippen molar-refractivity contribution in [2.75, 3.05) is 39.9 Å². The predicted octanol–water partition coefficient (Wildman–Crippen LogP) is 2.98. The molecule has 2 fully saturated rings. The summed E-state index contributed by atoms with van der Waals surface area (Å²) in [5.74, 6) is 1.52. The highest BCUT2D eigenvalue weighted by Crippen LogP contribution is 2.36. The summed E-state index contributed by atoms with van der Waals surface area (Å²) in [4.78, 5) is 16.8. The molecule has 28 heavy (non-hydrogen) atoms. The van der Waals surface area contributed by atoms with E-state index < -0.39 is 0 Å². The molecule has 2 unspecified atom stereocenters. The first kappa shape index (κ1) is 20.9. The molecule has 2 amide bonds. The van der Waals surface area contributed by atoms with E-state index in [4.69, 9.17) is 9.47 Å². The number of nitrogens with zero attached hydrogens (tertiary/aromatic N) is 2. The number of hydrogen-bond donors (Lipinski definition) is 1. The summed E-state index contributed by atoms with van der Waals surface area (Å²) in [6.45, 7) is 8.49. The Morgan fingerprint density at radius 3 is 2.57 bits per heavy atom. The summed E-state index contributed by atoms with van der Waals surface area (Å²) in [7, 11) is 1.68. The summed E-state index contributed by atoms with van der Waals surface area (Å²) in [5.41, 5.74) is 0. The van der Waals surface area contributed by atoms with Crippen LogP contribution in [0, 0.1) is 5.92 Å². The molecule has 1 N–H and O–H groups in total. The molecule has 1 aromatic rings. The quantitative estimate of drug-likeness (QED) is 0.695. The first-order valence-corrected chi connectivity index (χ1v) is 10.6. The average Bonchev–Trinajstić information content (AvgIpc) is 2.69. The van der Waals surface area contributed by atoms with E-state index in [0.29, 0.717) is 31.2 Å². The highest BCUT2D eigenvalue weighted by molar-refractivity contribution is 5.74.